The summed E-state index contributed by atoms with van der Waals surface area (Å²) in [6.07, 6.45) is 1.66. The van der Waals surface area contributed by atoms with Crippen LogP contribution in [0.2, 0.25) is 0 Å². The summed E-state index contributed by atoms with van der Waals surface area (Å²) in [7, 11) is 0. The van der Waals surface area contributed by atoms with E-state index in [2.05, 4.69) is 18.7 Å². The number of piperidine rings is 1. The summed E-state index contributed by atoms with van der Waals surface area (Å²) < 4.78 is 5.51. The minimum atomic E-state index is -0.103. The smallest absolute Gasteiger partial charge is 0.0623 e. The Hall–Kier alpha value is -0.120. The predicted octanol–water partition coefficient (Wildman–Crippen LogP) is 0.619. The van der Waals surface area contributed by atoms with Crippen molar-refractivity contribution in [3.8, 4) is 0 Å². The van der Waals surface area contributed by atoms with E-state index in [0.29, 0.717) is 18.1 Å². The average Bonchev–Trinajstić information content (AvgIpc) is 2.01. The molecule has 0 aromatic rings. The van der Waals surface area contributed by atoms with E-state index < -0.39 is 0 Å². The van der Waals surface area contributed by atoms with Crippen LogP contribution in [0.5, 0.6) is 0 Å². The van der Waals surface area contributed by atoms with Gasteiger partial charge in [0.2, 0.25) is 0 Å². The standard InChI is InChI=1S/C10H19NO2/c1-7(2)11-8-3-10(12)4-9(11)6-13-5-8/h7-10,12H,3-6H2,1-2H3/t8-,9?,10+/m0/s1. The highest BCUT2D eigenvalue weighted by atomic mass is 16.5. The summed E-state index contributed by atoms with van der Waals surface area (Å²) in [5.74, 6) is 0. The highest BCUT2D eigenvalue weighted by Gasteiger charge is 2.39. The van der Waals surface area contributed by atoms with Gasteiger partial charge in [0.25, 0.3) is 0 Å². The van der Waals surface area contributed by atoms with E-state index in [1.165, 1.54) is 0 Å². The molecule has 0 aromatic heterocycles. The third-order valence-electron chi connectivity index (χ3n) is 3.15. The Morgan fingerprint density at radius 3 is 2.23 bits per heavy atom. The van der Waals surface area contributed by atoms with Gasteiger partial charge >= 0.3 is 0 Å². The van der Waals surface area contributed by atoms with Crippen LogP contribution in [0.1, 0.15) is 26.7 Å². The van der Waals surface area contributed by atoms with E-state index in [0.717, 1.165) is 26.1 Å². The number of aliphatic hydroxyl groups excluding tert-OH is 1. The molecule has 2 rings (SSSR count). The Bertz CT molecular complexity index is 170. The molecule has 0 aromatic carbocycles. The molecule has 76 valence electrons. The van der Waals surface area contributed by atoms with E-state index in [9.17, 15) is 5.11 Å². The summed E-state index contributed by atoms with van der Waals surface area (Å²) in [5.41, 5.74) is 0. The van der Waals surface area contributed by atoms with Gasteiger partial charge in [-0.3, -0.25) is 4.90 Å². The van der Waals surface area contributed by atoms with Crippen LogP contribution in [0.3, 0.4) is 0 Å². The lowest BCUT2D eigenvalue weighted by molar-refractivity contribution is -0.116. The van der Waals surface area contributed by atoms with E-state index in [1.807, 2.05) is 0 Å². The molecule has 2 aliphatic heterocycles. The Labute approximate surface area is 79.7 Å². The zero-order chi connectivity index (χ0) is 9.42. The lowest BCUT2D eigenvalue weighted by atomic mass is 9.91. The van der Waals surface area contributed by atoms with Gasteiger partial charge in [0.05, 0.1) is 19.3 Å². The maximum atomic E-state index is 9.63. The highest BCUT2D eigenvalue weighted by Crippen LogP contribution is 2.29. The number of ether oxygens (including phenoxy) is 1. The fraction of sp³-hybridized carbons (Fsp3) is 1.00. The molecule has 1 N–H and O–H groups in total. The van der Waals surface area contributed by atoms with Gasteiger partial charge in [0.1, 0.15) is 0 Å². The first kappa shape index (κ1) is 9.44. The average molecular weight is 185 g/mol. The molecule has 0 radical (unpaired) electrons. The van der Waals surface area contributed by atoms with Crippen LogP contribution in [0.15, 0.2) is 0 Å². The van der Waals surface area contributed by atoms with Gasteiger partial charge in [-0.1, -0.05) is 0 Å². The zero-order valence-corrected chi connectivity index (χ0v) is 8.44. The van der Waals surface area contributed by atoms with Crippen molar-refractivity contribution in [2.24, 2.45) is 0 Å². The minimum absolute atomic E-state index is 0.103. The number of hydrogen-bond donors (Lipinski definition) is 1. The molecule has 0 saturated carbocycles. The molecular formula is C10H19NO2. The van der Waals surface area contributed by atoms with Gasteiger partial charge in [0.15, 0.2) is 0 Å². The number of morpholine rings is 1. The minimum Gasteiger partial charge on any atom is -0.393 e. The lowest BCUT2D eigenvalue weighted by Gasteiger charge is -2.49. The first-order valence-electron chi connectivity index (χ1n) is 5.21. The number of fused-ring (bicyclic) bond motifs is 2. The van der Waals surface area contributed by atoms with E-state index in [4.69, 9.17) is 4.74 Å². The van der Waals surface area contributed by atoms with Crippen molar-refractivity contribution in [3.05, 3.63) is 0 Å². The SMILES string of the molecule is CC(C)N1C2COC[C@@H]1C[C@@H](O)C2. The first-order valence-corrected chi connectivity index (χ1v) is 5.21. The Morgan fingerprint density at radius 1 is 1.23 bits per heavy atom. The van der Waals surface area contributed by atoms with Gasteiger partial charge in [-0.2, -0.15) is 0 Å². The molecule has 2 saturated heterocycles. The molecule has 3 nitrogen and oxygen atoms in total. The molecule has 0 amide bonds. The maximum Gasteiger partial charge on any atom is 0.0623 e. The van der Waals surface area contributed by atoms with Crippen molar-refractivity contribution < 1.29 is 9.84 Å². The second-order valence-electron chi connectivity index (χ2n) is 4.51. The highest BCUT2D eigenvalue weighted by molar-refractivity contribution is 4.92. The van der Waals surface area contributed by atoms with E-state index in [1.54, 1.807) is 0 Å². The van der Waals surface area contributed by atoms with Crippen molar-refractivity contribution in [1.29, 1.82) is 0 Å². The summed E-state index contributed by atoms with van der Waals surface area (Å²) in [6, 6.07) is 1.47. The van der Waals surface area contributed by atoms with Crippen molar-refractivity contribution in [2.45, 2.75) is 50.9 Å². The molecule has 3 atom stereocenters. The molecule has 0 aliphatic carbocycles. The number of rotatable bonds is 1. The fourth-order valence-electron chi connectivity index (χ4n) is 2.76. The van der Waals surface area contributed by atoms with Gasteiger partial charge in [0, 0.05) is 18.1 Å². The second-order valence-corrected chi connectivity index (χ2v) is 4.51. The second kappa shape index (κ2) is 3.56. The van der Waals surface area contributed by atoms with Crippen LogP contribution < -0.4 is 0 Å². The Kier molecular flexibility index (Phi) is 2.58. The summed E-state index contributed by atoms with van der Waals surface area (Å²) in [4.78, 5) is 2.51. The van der Waals surface area contributed by atoms with Crippen molar-refractivity contribution >= 4 is 0 Å². The molecular weight excluding hydrogens is 166 g/mol. The fourth-order valence-corrected chi connectivity index (χ4v) is 2.76. The normalized spacial score (nSPS) is 41.1. The molecule has 2 heterocycles. The monoisotopic (exact) mass is 185 g/mol. The predicted molar refractivity (Wildman–Crippen MR) is 50.6 cm³/mol. The Morgan fingerprint density at radius 2 is 1.77 bits per heavy atom. The first-order chi connectivity index (χ1) is 6.18. The summed E-state index contributed by atoms with van der Waals surface area (Å²) in [5, 5.41) is 9.63. The Balaban J connectivity index is 2.10. The molecule has 2 bridgehead atoms. The molecule has 2 aliphatic rings. The molecule has 3 heteroatoms. The van der Waals surface area contributed by atoms with Gasteiger partial charge in [-0.25, -0.2) is 0 Å². The van der Waals surface area contributed by atoms with Crippen LogP contribution in [0.4, 0.5) is 0 Å². The van der Waals surface area contributed by atoms with Crippen LogP contribution >= 0.6 is 0 Å². The third kappa shape index (κ3) is 1.73. The zero-order valence-electron chi connectivity index (χ0n) is 8.44. The molecule has 0 spiro atoms. The summed E-state index contributed by atoms with van der Waals surface area (Å²) in [6.45, 7) is 6.05. The van der Waals surface area contributed by atoms with Gasteiger partial charge in [-0.05, 0) is 26.7 Å². The molecule has 13 heavy (non-hydrogen) atoms. The van der Waals surface area contributed by atoms with Gasteiger partial charge in [-0.15, -0.1) is 0 Å². The topological polar surface area (TPSA) is 32.7 Å². The molecule has 2 fully saturated rings. The van der Waals surface area contributed by atoms with Crippen molar-refractivity contribution in [2.75, 3.05) is 13.2 Å². The van der Waals surface area contributed by atoms with Crippen LogP contribution in [-0.4, -0.2) is 47.4 Å². The van der Waals surface area contributed by atoms with E-state index >= 15 is 0 Å². The van der Waals surface area contributed by atoms with Crippen LogP contribution in [0.25, 0.3) is 0 Å². The molecule has 1 unspecified atom stereocenters. The largest absolute Gasteiger partial charge is 0.393 e. The van der Waals surface area contributed by atoms with Crippen molar-refractivity contribution in [1.82, 2.24) is 4.90 Å². The quantitative estimate of drug-likeness (QED) is 0.650. The maximum absolute atomic E-state index is 9.63. The lowest BCUT2D eigenvalue weighted by Crippen LogP contribution is -2.60. The van der Waals surface area contributed by atoms with Crippen LogP contribution in [-0.2, 0) is 4.74 Å². The van der Waals surface area contributed by atoms with E-state index in [-0.39, 0.29) is 6.10 Å². The number of hydrogen-bond acceptors (Lipinski definition) is 3. The third-order valence-corrected chi connectivity index (χ3v) is 3.15. The van der Waals surface area contributed by atoms with Crippen molar-refractivity contribution in [3.63, 3.8) is 0 Å². The summed E-state index contributed by atoms with van der Waals surface area (Å²) >= 11 is 0. The number of nitrogens with zero attached hydrogens (tertiary/aromatic N) is 1. The number of aliphatic hydroxyl groups is 1. The van der Waals surface area contributed by atoms with Crippen LogP contribution in [0, 0.1) is 0 Å². The van der Waals surface area contributed by atoms with Gasteiger partial charge < -0.3 is 9.84 Å².